The van der Waals surface area contributed by atoms with Gasteiger partial charge in [-0.1, -0.05) is 25.5 Å². The number of hydrogen-bond donors (Lipinski definition) is 3. The predicted octanol–water partition coefficient (Wildman–Crippen LogP) is 3.71. The maximum atomic E-state index is 15.0. The molecule has 36 heavy (non-hydrogen) atoms. The second-order valence-corrected chi connectivity index (χ2v) is 9.45. The van der Waals surface area contributed by atoms with Crippen LogP contribution in [-0.2, 0) is 23.4 Å². The Morgan fingerprint density at radius 1 is 1.39 bits per heavy atom. The monoisotopic (exact) mass is 538 g/mol. The molecule has 0 unspecified atom stereocenters. The van der Waals surface area contributed by atoms with E-state index in [1.165, 1.54) is 33.7 Å². The van der Waals surface area contributed by atoms with Crippen LogP contribution in [0.2, 0.25) is 0 Å². The molecule has 0 aliphatic heterocycles. The number of thiophene rings is 1. The molecule has 0 spiro atoms. The zero-order valence-corrected chi connectivity index (χ0v) is 21.5. The Bertz CT molecular complexity index is 1130. The normalized spacial score (nSPS) is 13.5. The number of aromatic nitrogens is 3. The molecule has 0 saturated heterocycles. The van der Waals surface area contributed by atoms with E-state index >= 15 is 0 Å². The van der Waals surface area contributed by atoms with Crippen LogP contribution >= 0.6 is 23.6 Å². The van der Waals surface area contributed by atoms with Gasteiger partial charge in [-0.2, -0.15) is 5.10 Å². The summed E-state index contributed by atoms with van der Waals surface area (Å²) in [6, 6.07) is 5.60. The van der Waals surface area contributed by atoms with E-state index < -0.39 is 29.4 Å². The molecular formula is C23H28F2N6O3S2. The summed E-state index contributed by atoms with van der Waals surface area (Å²) < 4.78 is 35.2. The smallest absolute Gasteiger partial charge is 0.426 e. The number of thiocarbonyl (C=S) groups is 1. The summed E-state index contributed by atoms with van der Waals surface area (Å²) in [5, 5.41) is 22.2. The number of carbonyl (C=O) groups is 1. The lowest BCUT2D eigenvalue weighted by Crippen LogP contribution is -2.62. The number of amides is 1. The van der Waals surface area contributed by atoms with E-state index in [4.69, 9.17) is 17.0 Å². The molecule has 3 aromatic rings. The minimum absolute atomic E-state index is 0.0582. The van der Waals surface area contributed by atoms with Gasteiger partial charge in [-0.15, -0.1) is 11.3 Å². The van der Waals surface area contributed by atoms with E-state index in [9.17, 15) is 18.7 Å². The first kappa shape index (κ1) is 27.4. The van der Waals surface area contributed by atoms with Crippen molar-refractivity contribution in [2.75, 3.05) is 6.61 Å². The van der Waals surface area contributed by atoms with E-state index in [1.54, 1.807) is 6.92 Å². The molecule has 9 nitrogen and oxygen atoms in total. The van der Waals surface area contributed by atoms with Crippen molar-refractivity contribution in [2.24, 2.45) is 0 Å². The van der Waals surface area contributed by atoms with Crippen LogP contribution in [-0.4, -0.2) is 48.7 Å². The van der Waals surface area contributed by atoms with Gasteiger partial charge in [-0.25, -0.2) is 28.7 Å². The largest absolute Gasteiger partial charge is 0.448 e. The predicted molar refractivity (Wildman–Crippen MR) is 135 cm³/mol. The van der Waals surface area contributed by atoms with Gasteiger partial charge in [0.1, 0.15) is 29.9 Å². The van der Waals surface area contributed by atoms with Crippen LogP contribution < -0.4 is 10.7 Å². The molecule has 0 aliphatic rings. The summed E-state index contributed by atoms with van der Waals surface area (Å²) >= 11 is 7.06. The quantitative estimate of drug-likeness (QED) is 0.204. The molecule has 1 aromatic carbocycles. The number of benzene rings is 1. The molecule has 1 amide bonds. The van der Waals surface area contributed by atoms with Gasteiger partial charge in [-0.05, 0) is 43.1 Å². The summed E-state index contributed by atoms with van der Waals surface area (Å²) in [5.74, 6) is -1.76. The Morgan fingerprint density at radius 2 is 2.19 bits per heavy atom. The van der Waals surface area contributed by atoms with E-state index in [0.29, 0.717) is 19.0 Å². The third-order valence-electron chi connectivity index (χ3n) is 5.50. The number of nitrogens with zero attached hydrogens (tertiary/aromatic N) is 4. The lowest BCUT2D eigenvalue weighted by atomic mass is 9.86. The standard InChI is InChI=1S/C23H28F2N6O3S2/c1-3-4-9-34-22(32)29-31(21(35)27-12-18-6-5-10-36-18)16(2)23(33,13-30-15-26-14-28-30)19-8-7-17(24)11-20(19)25/h5-8,10-11,14-16,33H,3-4,9,12-13H2,1-2H3,(H,27,35)(H,29,32)/t16-,23-/m1/s1. The van der Waals surface area contributed by atoms with Crippen molar-refractivity contribution in [3.8, 4) is 0 Å². The maximum absolute atomic E-state index is 15.0. The number of hydrogen-bond acceptors (Lipinski definition) is 7. The lowest BCUT2D eigenvalue weighted by Gasteiger charge is -2.41. The van der Waals surface area contributed by atoms with Crippen molar-refractivity contribution in [1.82, 2.24) is 30.5 Å². The first-order valence-electron chi connectivity index (χ1n) is 11.3. The molecule has 2 aromatic heterocycles. The SMILES string of the molecule is CCCCOC(=O)NN(C(=S)NCc1cccs1)[C@H](C)[C@](O)(Cn1cncn1)c1ccc(F)cc1F. The van der Waals surface area contributed by atoms with Crippen molar-refractivity contribution in [2.45, 2.75) is 51.4 Å². The zero-order chi connectivity index (χ0) is 26.1. The first-order valence-corrected chi connectivity index (χ1v) is 12.6. The maximum Gasteiger partial charge on any atom is 0.426 e. The summed E-state index contributed by atoms with van der Waals surface area (Å²) in [5.41, 5.74) is 0.308. The number of halogens is 2. The van der Waals surface area contributed by atoms with Crippen LogP contribution in [0.1, 0.15) is 37.1 Å². The Hall–Kier alpha value is -3.16. The fourth-order valence-corrected chi connectivity index (χ4v) is 4.40. The van der Waals surface area contributed by atoms with Crippen LogP contribution in [0, 0.1) is 11.6 Å². The first-order chi connectivity index (χ1) is 17.2. The second-order valence-electron chi connectivity index (χ2n) is 8.03. The number of carbonyl (C=O) groups excluding carboxylic acids is 1. The summed E-state index contributed by atoms with van der Waals surface area (Å²) in [4.78, 5) is 17.4. The van der Waals surface area contributed by atoms with Crippen molar-refractivity contribution in [3.05, 3.63) is 70.4 Å². The average molecular weight is 539 g/mol. The minimum Gasteiger partial charge on any atom is -0.448 e. The highest BCUT2D eigenvalue weighted by molar-refractivity contribution is 7.80. The number of nitrogens with one attached hydrogen (secondary N) is 2. The molecule has 0 bridgehead atoms. The molecule has 0 fully saturated rings. The van der Waals surface area contributed by atoms with Gasteiger partial charge in [0, 0.05) is 16.5 Å². The fourth-order valence-electron chi connectivity index (χ4n) is 3.48. The highest BCUT2D eigenvalue weighted by atomic mass is 32.1. The van der Waals surface area contributed by atoms with Gasteiger partial charge in [0.05, 0.1) is 25.7 Å². The Labute approximate surface area is 217 Å². The topological polar surface area (TPSA) is 105 Å². The molecular weight excluding hydrogens is 510 g/mol. The molecule has 2 atom stereocenters. The Kier molecular flexibility index (Phi) is 9.67. The molecule has 2 heterocycles. The summed E-state index contributed by atoms with van der Waals surface area (Å²) in [7, 11) is 0. The van der Waals surface area contributed by atoms with Crippen molar-refractivity contribution in [3.63, 3.8) is 0 Å². The third-order valence-corrected chi connectivity index (χ3v) is 6.72. The fraction of sp³-hybridized carbons (Fsp3) is 0.391. The number of unbranched alkanes of at least 4 members (excludes halogenated alkanes) is 1. The minimum atomic E-state index is -2.04. The highest BCUT2D eigenvalue weighted by Crippen LogP contribution is 2.32. The molecule has 0 aliphatic carbocycles. The van der Waals surface area contributed by atoms with Gasteiger partial charge in [0.15, 0.2) is 5.11 Å². The lowest BCUT2D eigenvalue weighted by molar-refractivity contribution is -0.0557. The molecule has 13 heteroatoms. The van der Waals surface area contributed by atoms with Crippen LogP contribution in [0.15, 0.2) is 48.4 Å². The van der Waals surface area contributed by atoms with E-state index in [1.807, 2.05) is 24.4 Å². The van der Waals surface area contributed by atoms with Gasteiger partial charge >= 0.3 is 6.09 Å². The van der Waals surface area contributed by atoms with E-state index in [2.05, 4.69) is 20.8 Å². The molecule has 194 valence electrons. The van der Waals surface area contributed by atoms with E-state index in [-0.39, 0.29) is 23.8 Å². The second kappa shape index (κ2) is 12.7. The number of ether oxygens (including phenoxy) is 1. The van der Waals surface area contributed by atoms with Crippen molar-refractivity contribution >= 4 is 34.8 Å². The summed E-state index contributed by atoms with van der Waals surface area (Å²) in [6.45, 7) is 3.79. The van der Waals surface area contributed by atoms with Crippen LogP contribution in [0.4, 0.5) is 13.6 Å². The molecule has 3 rings (SSSR count). The zero-order valence-electron chi connectivity index (χ0n) is 19.9. The Morgan fingerprint density at radius 3 is 2.83 bits per heavy atom. The third kappa shape index (κ3) is 6.95. The molecule has 0 saturated carbocycles. The van der Waals surface area contributed by atoms with Crippen LogP contribution in [0.3, 0.4) is 0 Å². The van der Waals surface area contributed by atoms with Crippen molar-refractivity contribution < 1.29 is 23.4 Å². The van der Waals surface area contributed by atoms with Crippen molar-refractivity contribution in [1.29, 1.82) is 0 Å². The summed E-state index contributed by atoms with van der Waals surface area (Å²) in [6.07, 6.45) is 3.32. The van der Waals surface area contributed by atoms with Gasteiger partial charge in [0.25, 0.3) is 0 Å². The number of rotatable bonds is 10. The van der Waals surface area contributed by atoms with Gasteiger partial charge in [-0.3, -0.25) is 5.01 Å². The Balaban J connectivity index is 1.94. The van der Waals surface area contributed by atoms with Gasteiger partial charge in [0.2, 0.25) is 0 Å². The van der Waals surface area contributed by atoms with E-state index in [0.717, 1.165) is 23.4 Å². The van der Waals surface area contributed by atoms with Crippen LogP contribution in [0.25, 0.3) is 0 Å². The van der Waals surface area contributed by atoms with Crippen LogP contribution in [0.5, 0.6) is 0 Å². The van der Waals surface area contributed by atoms with Gasteiger partial charge < -0.3 is 15.2 Å². The average Bonchev–Trinajstić information content (AvgIpc) is 3.55. The molecule has 0 radical (unpaired) electrons. The number of hydrazine groups is 1. The highest BCUT2D eigenvalue weighted by Gasteiger charge is 2.44. The number of aliphatic hydroxyl groups is 1. The molecule has 3 N–H and O–H groups in total.